The van der Waals surface area contributed by atoms with Gasteiger partial charge in [-0.2, -0.15) is 0 Å². The molecule has 0 aliphatic carbocycles. The molecule has 1 aromatic heterocycles. The van der Waals surface area contributed by atoms with E-state index in [4.69, 9.17) is 10.5 Å². The number of pyridine rings is 1. The fourth-order valence-electron chi connectivity index (χ4n) is 2.20. The number of ether oxygens (including phenoxy) is 1. The SMILES string of the molecule is COC(=O)C1CN(c2ccc(N)cn2)CC1C. The third kappa shape index (κ3) is 2.33. The first kappa shape index (κ1) is 11.7. The van der Waals surface area contributed by atoms with Gasteiger partial charge >= 0.3 is 5.97 Å². The van der Waals surface area contributed by atoms with Crippen LogP contribution in [0.15, 0.2) is 18.3 Å². The Labute approximate surface area is 101 Å². The molecule has 5 nitrogen and oxygen atoms in total. The lowest BCUT2D eigenvalue weighted by Gasteiger charge is -2.16. The van der Waals surface area contributed by atoms with E-state index in [0.29, 0.717) is 12.2 Å². The van der Waals surface area contributed by atoms with Gasteiger partial charge in [0.25, 0.3) is 0 Å². The standard InChI is InChI=1S/C12H17N3O2/c1-8-6-15(7-10(8)12(16)17-2)11-4-3-9(13)5-14-11/h3-5,8,10H,6-7,13H2,1-2H3. The van der Waals surface area contributed by atoms with E-state index in [1.54, 1.807) is 6.20 Å². The highest BCUT2D eigenvalue weighted by Gasteiger charge is 2.35. The van der Waals surface area contributed by atoms with Gasteiger partial charge in [0, 0.05) is 13.1 Å². The molecule has 2 unspecified atom stereocenters. The van der Waals surface area contributed by atoms with Crippen LogP contribution in [0.1, 0.15) is 6.92 Å². The van der Waals surface area contributed by atoms with E-state index in [0.717, 1.165) is 12.4 Å². The zero-order chi connectivity index (χ0) is 12.4. The molecule has 2 rings (SSSR count). The normalized spacial score (nSPS) is 23.8. The molecule has 0 aromatic carbocycles. The molecule has 2 heterocycles. The van der Waals surface area contributed by atoms with Crippen molar-refractivity contribution < 1.29 is 9.53 Å². The van der Waals surface area contributed by atoms with Crippen molar-refractivity contribution in [2.24, 2.45) is 11.8 Å². The quantitative estimate of drug-likeness (QED) is 0.772. The smallest absolute Gasteiger partial charge is 0.310 e. The lowest BCUT2D eigenvalue weighted by molar-refractivity contribution is -0.145. The summed E-state index contributed by atoms with van der Waals surface area (Å²) in [6, 6.07) is 3.69. The zero-order valence-electron chi connectivity index (χ0n) is 10.1. The topological polar surface area (TPSA) is 68.5 Å². The van der Waals surface area contributed by atoms with Gasteiger partial charge in [-0.3, -0.25) is 4.79 Å². The Kier molecular flexibility index (Phi) is 3.17. The maximum atomic E-state index is 11.6. The maximum Gasteiger partial charge on any atom is 0.310 e. The van der Waals surface area contributed by atoms with Gasteiger partial charge in [-0.25, -0.2) is 4.98 Å². The van der Waals surface area contributed by atoms with Gasteiger partial charge in [-0.15, -0.1) is 0 Å². The molecule has 1 aliphatic rings. The van der Waals surface area contributed by atoms with E-state index in [2.05, 4.69) is 16.8 Å². The maximum absolute atomic E-state index is 11.6. The van der Waals surface area contributed by atoms with Crippen LogP contribution in [0.4, 0.5) is 11.5 Å². The third-order valence-corrected chi connectivity index (χ3v) is 3.21. The monoisotopic (exact) mass is 235 g/mol. The van der Waals surface area contributed by atoms with E-state index >= 15 is 0 Å². The summed E-state index contributed by atoms with van der Waals surface area (Å²) in [6.45, 7) is 3.53. The molecule has 0 saturated carbocycles. The number of aromatic nitrogens is 1. The summed E-state index contributed by atoms with van der Waals surface area (Å²) >= 11 is 0. The number of hydrogen-bond acceptors (Lipinski definition) is 5. The second-order valence-corrected chi connectivity index (χ2v) is 4.46. The predicted molar refractivity (Wildman–Crippen MR) is 65.5 cm³/mol. The van der Waals surface area contributed by atoms with Crippen molar-refractivity contribution in [3.63, 3.8) is 0 Å². The summed E-state index contributed by atoms with van der Waals surface area (Å²) in [7, 11) is 1.43. The van der Waals surface area contributed by atoms with Crippen LogP contribution in [0.25, 0.3) is 0 Å². The highest BCUT2D eigenvalue weighted by Crippen LogP contribution is 2.27. The number of nitrogen functional groups attached to an aromatic ring is 1. The molecular formula is C12H17N3O2. The highest BCUT2D eigenvalue weighted by atomic mass is 16.5. The van der Waals surface area contributed by atoms with Crippen LogP contribution in [0.3, 0.4) is 0 Å². The first-order valence-electron chi connectivity index (χ1n) is 5.66. The number of carbonyl (C=O) groups is 1. The van der Waals surface area contributed by atoms with Crippen LogP contribution in [-0.2, 0) is 9.53 Å². The molecule has 0 radical (unpaired) electrons. The lowest BCUT2D eigenvalue weighted by atomic mass is 9.99. The van der Waals surface area contributed by atoms with E-state index in [1.165, 1.54) is 7.11 Å². The van der Waals surface area contributed by atoms with Gasteiger partial charge in [0.1, 0.15) is 5.82 Å². The van der Waals surface area contributed by atoms with Crippen molar-refractivity contribution in [1.29, 1.82) is 0 Å². The Morgan fingerprint density at radius 1 is 1.53 bits per heavy atom. The van der Waals surface area contributed by atoms with Crippen molar-refractivity contribution in [2.45, 2.75) is 6.92 Å². The highest BCUT2D eigenvalue weighted by molar-refractivity contribution is 5.74. The first-order chi connectivity index (χ1) is 8.11. The van der Waals surface area contributed by atoms with Gasteiger partial charge in [-0.05, 0) is 18.1 Å². The van der Waals surface area contributed by atoms with Gasteiger partial charge < -0.3 is 15.4 Å². The second-order valence-electron chi connectivity index (χ2n) is 4.46. The molecule has 2 atom stereocenters. The minimum absolute atomic E-state index is 0.0700. The van der Waals surface area contributed by atoms with E-state index < -0.39 is 0 Å². The van der Waals surface area contributed by atoms with E-state index in [1.807, 2.05) is 12.1 Å². The van der Waals surface area contributed by atoms with Crippen molar-refractivity contribution in [3.8, 4) is 0 Å². The Morgan fingerprint density at radius 3 is 2.88 bits per heavy atom. The van der Waals surface area contributed by atoms with Crippen LogP contribution in [0.5, 0.6) is 0 Å². The van der Waals surface area contributed by atoms with Crippen molar-refractivity contribution in [2.75, 3.05) is 30.8 Å². The largest absolute Gasteiger partial charge is 0.469 e. The van der Waals surface area contributed by atoms with Crippen LogP contribution in [-0.4, -0.2) is 31.2 Å². The summed E-state index contributed by atoms with van der Waals surface area (Å²) < 4.78 is 4.80. The Bertz CT molecular complexity index is 405. The molecule has 0 spiro atoms. The molecule has 0 amide bonds. The molecular weight excluding hydrogens is 218 g/mol. The average molecular weight is 235 g/mol. The third-order valence-electron chi connectivity index (χ3n) is 3.21. The second kappa shape index (κ2) is 4.61. The Hall–Kier alpha value is -1.78. The molecule has 0 bridgehead atoms. The number of methoxy groups -OCH3 is 1. The molecule has 1 saturated heterocycles. The van der Waals surface area contributed by atoms with E-state index in [-0.39, 0.29) is 17.8 Å². The van der Waals surface area contributed by atoms with Crippen LogP contribution < -0.4 is 10.6 Å². The summed E-state index contributed by atoms with van der Waals surface area (Å²) in [6.07, 6.45) is 1.63. The molecule has 2 N–H and O–H groups in total. The fourth-order valence-corrected chi connectivity index (χ4v) is 2.20. The van der Waals surface area contributed by atoms with E-state index in [9.17, 15) is 4.79 Å². The fraction of sp³-hybridized carbons (Fsp3) is 0.500. The summed E-state index contributed by atoms with van der Waals surface area (Å²) in [5, 5.41) is 0. The zero-order valence-corrected chi connectivity index (χ0v) is 10.1. The summed E-state index contributed by atoms with van der Waals surface area (Å²) in [5.41, 5.74) is 6.24. The summed E-state index contributed by atoms with van der Waals surface area (Å²) in [4.78, 5) is 17.9. The number of nitrogens with two attached hydrogens (primary N) is 1. The number of esters is 1. The van der Waals surface area contributed by atoms with Gasteiger partial charge in [-0.1, -0.05) is 6.92 Å². The van der Waals surface area contributed by atoms with Crippen LogP contribution in [0, 0.1) is 11.8 Å². The van der Waals surface area contributed by atoms with Crippen molar-refractivity contribution in [1.82, 2.24) is 4.98 Å². The molecule has 92 valence electrons. The minimum Gasteiger partial charge on any atom is -0.469 e. The van der Waals surface area contributed by atoms with Crippen molar-refractivity contribution >= 4 is 17.5 Å². The molecule has 1 aromatic rings. The number of hydrogen-bond donors (Lipinski definition) is 1. The molecule has 1 aliphatic heterocycles. The van der Waals surface area contributed by atoms with Gasteiger partial charge in [0.05, 0.1) is 24.9 Å². The Morgan fingerprint density at radius 2 is 2.29 bits per heavy atom. The number of nitrogens with zero attached hydrogens (tertiary/aromatic N) is 2. The van der Waals surface area contributed by atoms with Gasteiger partial charge in [0.2, 0.25) is 0 Å². The first-order valence-corrected chi connectivity index (χ1v) is 5.66. The number of anilines is 2. The number of carbonyl (C=O) groups excluding carboxylic acids is 1. The summed E-state index contributed by atoms with van der Waals surface area (Å²) in [5.74, 6) is 0.925. The van der Waals surface area contributed by atoms with Crippen LogP contribution in [0.2, 0.25) is 0 Å². The predicted octanol–water partition coefficient (Wildman–Crippen LogP) is 0.909. The van der Waals surface area contributed by atoms with Crippen LogP contribution >= 0.6 is 0 Å². The minimum atomic E-state index is -0.143. The van der Waals surface area contributed by atoms with Crippen molar-refractivity contribution in [3.05, 3.63) is 18.3 Å². The molecule has 5 heteroatoms. The molecule has 17 heavy (non-hydrogen) atoms. The average Bonchev–Trinajstić information content (AvgIpc) is 2.71. The number of rotatable bonds is 2. The lowest BCUT2D eigenvalue weighted by Crippen LogP contribution is -2.24. The molecule has 1 fully saturated rings. The Balaban J connectivity index is 2.10. The van der Waals surface area contributed by atoms with Gasteiger partial charge in [0.15, 0.2) is 0 Å².